The molecule has 0 fully saturated rings. The van der Waals surface area contributed by atoms with E-state index in [2.05, 4.69) is 30.5 Å². The summed E-state index contributed by atoms with van der Waals surface area (Å²) in [4.78, 5) is 12.1. The normalized spacial score (nSPS) is 12.4. The molecule has 1 unspecified atom stereocenters. The van der Waals surface area contributed by atoms with Crippen molar-refractivity contribution in [1.82, 2.24) is 25.1 Å². The number of hydrogen-bond acceptors (Lipinski definition) is 6. The van der Waals surface area contributed by atoms with Crippen molar-refractivity contribution in [2.24, 2.45) is 0 Å². The van der Waals surface area contributed by atoms with Crippen LogP contribution in [0.3, 0.4) is 0 Å². The van der Waals surface area contributed by atoms with Gasteiger partial charge in [0, 0.05) is 11.8 Å². The molecule has 0 aliphatic heterocycles. The fourth-order valence-corrected chi connectivity index (χ4v) is 1.38. The highest BCUT2D eigenvalue weighted by atomic mass is 15.2. The number of aromatic nitrogens is 5. The second-order valence-electron chi connectivity index (χ2n) is 3.49. The van der Waals surface area contributed by atoms with Gasteiger partial charge in [-0.05, 0) is 13.8 Å². The third-order valence-electron chi connectivity index (χ3n) is 2.08. The summed E-state index contributed by atoms with van der Waals surface area (Å²) in [6, 6.07) is 1.81. The van der Waals surface area contributed by atoms with Gasteiger partial charge in [-0.25, -0.2) is 9.97 Å². The van der Waals surface area contributed by atoms with Crippen molar-refractivity contribution >= 4 is 11.8 Å². The van der Waals surface area contributed by atoms with Gasteiger partial charge in [0.15, 0.2) is 0 Å². The van der Waals surface area contributed by atoms with Gasteiger partial charge in [-0.1, -0.05) is 0 Å². The van der Waals surface area contributed by atoms with Crippen molar-refractivity contribution in [2.45, 2.75) is 19.9 Å². The Labute approximate surface area is 92.5 Å². The van der Waals surface area contributed by atoms with Gasteiger partial charge >= 0.3 is 0 Å². The lowest BCUT2D eigenvalue weighted by Gasteiger charge is -2.12. The topological polar surface area (TPSA) is 105 Å². The molecular formula is C9H13N7. The van der Waals surface area contributed by atoms with Gasteiger partial charge in [-0.3, -0.25) is 5.10 Å². The molecule has 2 rings (SSSR count). The van der Waals surface area contributed by atoms with Crippen LogP contribution in [0.1, 0.15) is 24.5 Å². The van der Waals surface area contributed by atoms with Crippen LogP contribution in [0.15, 0.2) is 12.4 Å². The maximum atomic E-state index is 5.56. The summed E-state index contributed by atoms with van der Waals surface area (Å²) in [7, 11) is 0. The van der Waals surface area contributed by atoms with E-state index >= 15 is 0 Å². The predicted molar refractivity (Wildman–Crippen MR) is 59.6 cm³/mol. The lowest BCUT2D eigenvalue weighted by molar-refractivity contribution is 0.789. The van der Waals surface area contributed by atoms with Crippen LogP contribution in [0.5, 0.6) is 0 Å². The van der Waals surface area contributed by atoms with E-state index in [0.717, 1.165) is 11.5 Å². The monoisotopic (exact) mass is 219 g/mol. The lowest BCUT2D eigenvalue weighted by Crippen LogP contribution is -2.11. The molecule has 84 valence electrons. The number of nitrogen functional groups attached to an aromatic ring is 1. The molecule has 0 bridgehead atoms. The quantitative estimate of drug-likeness (QED) is 0.700. The van der Waals surface area contributed by atoms with Crippen molar-refractivity contribution in [1.29, 1.82) is 0 Å². The van der Waals surface area contributed by atoms with Crippen molar-refractivity contribution in [3.63, 3.8) is 0 Å². The lowest BCUT2D eigenvalue weighted by atomic mass is 10.3. The van der Waals surface area contributed by atoms with E-state index in [1.165, 1.54) is 6.33 Å². The first-order chi connectivity index (χ1) is 7.65. The van der Waals surface area contributed by atoms with Crippen molar-refractivity contribution < 1.29 is 0 Å². The summed E-state index contributed by atoms with van der Waals surface area (Å²) in [5, 5.41) is 9.74. The van der Waals surface area contributed by atoms with Gasteiger partial charge in [0.25, 0.3) is 0 Å². The number of rotatable bonds is 3. The Morgan fingerprint density at radius 2 is 2.25 bits per heavy atom. The summed E-state index contributed by atoms with van der Waals surface area (Å²) >= 11 is 0. The van der Waals surface area contributed by atoms with Crippen molar-refractivity contribution in [3.05, 3.63) is 23.9 Å². The fraction of sp³-hybridized carbons (Fsp3) is 0.333. The van der Waals surface area contributed by atoms with E-state index < -0.39 is 0 Å². The number of hydrogen-bond donors (Lipinski definition) is 3. The molecule has 0 aliphatic carbocycles. The first-order valence-electron chi connectivity index (χ1n) is 4.88. The number of H-pyrrole nitrogens is 1. The zero-order valence-electron chi connectivity index (χ0n) is 9.10. The number of aromatic amines is 1. The van der Waals surface area contributed by atoms with Crippen molar-refractivity contribution in [3.8, 4) is 0 Å². The highest BCUT2D eigenvalue weighted by Gasteiger charge is 2.09. The predicted octanol–water partition coefficient (Wildman–Crippen LogP) is 0.658. The Balaban J connectivity index is 2.15. The molecule has 7 heteroatoms. The average molecular weight is 219 g/mol. The van der Waals surface area contributed by atoms with Crippen molar-refractivity contribution in [2.75, 3.05) is 11.1 Å². The largest absolute Gasteiger partial charge is 0.368 e. The number of nitrogens with one attached hydrogen (secondary N) is 2. The van der Waals surface area contributed by atoms with Gasteiger partial charge in [-0.15, -0.1) is 0 Å². The molecule has 0 spiro atoms. The number of nitrogens with two attached hydrogens (primary N) is 1. The molecule has 7 nitrogen and oxygen atoms in total. The van der Waals surface area contributed by atoms with Crippen LogP contribution in [0.4, 0.5) is 11.8 Å². The minimum atomic E-state index is -0.0174. The first-order valence-corrected chi connectivity index (χ1v) is 4.88. The molecule has 0 aliphatic rings. The molecule has 16 heavy (non-hydrogen) atoms. The van der Waals surface area contributed by atoms with E-state index in [4.69, 9.17) is 5.73 Å². The number of aryl methyl sites for hydroxylation is 1. The van der Waals surface area contributed by atoms with Crippen LogP contribution >= 0.6 is 0 Å². The minimum absolute atomic E-state index is 0.0174. The molecule has 0 radical (unpaired) electrons. The molecule has 1 atom stereocenters. The van der Waals surface area contributed by atoms with Crippen LogP contribution in [0.2, 0.25) is 0 Å². The standard InChI is InChI=1S/C9H13N7/c1-5-3-7(15-9(10)13-5)14-6(2)8-11-4-12-16-8/h3-4,6H,1-2H3,(H,11,12,16)(H3,10,13,14,15). The van der Waals surface area contributed by atoms with Crippen LogP contribution < -0.4 is 11.1 Å². The van der Waals surface area contributed by atoms with Crippen LogP contribution in [0.25, 0.3) is 0 Å². The summed E-state index contributed by atoms with van der Waals surface area (Å²) in [5.41, 5.74) is 6.38. The van der Waals surface area contributed by atoms with Gasteiger partial charge < -0.3 is 11.1 Å². The smallest absolute Gasteiger partial charge is 0.222 e. The molecule has 2 aromatic heterocycles. The van der Waals surface area contributed by atoms with Crippen LogP contribution in [-0.4, -0.2) is 25.1 Å². The minimum Gasteiger partial charge on any atom is -0.368 e. The fourth-order valence-electron chi connectivity index (χ4n) is 1.38. The Hall–Kier alpha value is -2.18. The van der Waals surface area contributed by atoms with E-state index in [-0.39, 0.29) is 12.0 Å². The zero-order valence-corrected chi connectivity index (χ0v) is 9.10. The second-order valence-corrected chi connectivity index (χ2v) is 3.49. The van der Waals surface area contributed by atoms with E-state index in [9.17, 15) is 0 Å². The average Bonchev–Trinajstić information content (AvgIpc) is 2.68. The second kappa shape index (κ2) is 4.13. The Morgan fingerprint density at radius 3 is 2.88 bits per heavy atom. The first kappa shape index (κ1) is 10.3. The van der Waals surface area contributed by atoms with Crippen LogP contribution in [0, 0.1) is 6.92 Å². The van der Waals surface area contributed by atoms with Gasteiger partial charge in [0.05, 0.1) is 6.04 Å². The molecular weight excluding hydrogens is 206 g/mol. The summed E-state index contributed by atoms with van der Waals surface area (Å²) in [6.07, 6.45) is 1.47. The summed E-state index contributed by atoms with van der Waals surface area (Å²) in [5.74, 6) is 1.68. The third-order valence-corrected chi connectivity index (χ3v) is 2.08. The Bertz CT molecular complexity index is 444. The van der Waals surface area contributed by atoms with E-state index in [1.807, 2.05) is 19.9 Å². The van der Waals surface area contributed by atoms with Gasteiger partial charge in [0.2, 0.25) is 5.95 Å². The summed E-state index contributed by atoms with van der Waals surface area (Å²) < 4.78 is 0. The number of anilines is 2. The maximum Gasteiger partial charge on any atom is 0.222 e. The highest BCUT2D eigenvalue weighted by Crippen LogP contribution is 2.14. The number of nitrogens with zero attached hydrogens (tertiary/aromatic N) is 4. The SMILES string of the molecule is Cc1cc(NC(C)c2ncn[nH]2)nc(N)n1. The maximum absolute atomic E-state index is 5.56. The molecule has 0 aromatic carbocycles. The van der Waals surface area contributed by atoms with Gasteiger partial charge in [-0.2, -0.15) is 10.1 Å². The molecule has 4 N–H and O–H groups in total. The van der Waals surface area contributed by atoms with Gasteiger partial charge in [0.1, 0.15) is 18.0 Å². The molecule has 0 amide bonds. The molecule has 0 saturated heterocycles. The Kier molecular flexibility index (Phi) is 2.67. The zero-order chi connectivity index (χ0) is 11.5. The summed E-state index contributed by atoms with van der Waals surface area (Å²) in [6.45, 7) is 3.82. The van der Waals surface area contributed by atoms with E-state index in [1.54, 1.807) is 0 Å². The molecule has 2 heterocycles. The third kappa shape index (κ3) is 2.25. The van der Waals surface area contributed by atoms with E-state index in [0.29, 0.717) is 5.82 Å². The molecule has 0 saturated carbocycles. The Morgan fingerprint density at radius 1 is 1.44 bits per heavy atom. The van der Waals surface area contributed by atoms with Crippen LogP contribution in [-0.2, 0) is 0 Å². The highest BCUT2D eigenvalue weighted by molar-refractivity contribution is 5.41. The molecule has 2 aromatic rings.